The number of hydrogen-bond acceptors (Lipinski definition) is 2. The summed E-state index contributed by atoms with van der Waals surface area (Å²) in [6, 6.07) is 10.4. The average molecular weight is 361 g/mol. The molecule has 0 saturated heterocycles. The van der Waals surface area contributed by atoms with Gasteiger partial charge in [-0.2, -0.15) is 0 Å². The molecule has 1 unspecified atom stereocenters. The number of benzene rings is 2. The molecule has 0 N–H and O–H groups in total. The Bertz CT molecular complexity index is 972. The van der Waals surface area contributed by atoms with Crippen molar-refractivity contribution in [2.24, 2.45) is 0 Å². The van der Waals surface area contributed by atoms with Gasteiger partial charge in [0.1, 0.15) is 0 Å². The van der Waals surface area contributed by atoms with Crippen LogP contribution in [0.15, 0.2) is 42.0 Å². The van der Waals surface area contributed by atoms with Gasteiger partial charge in [0.25, 0.3) is 0 Å². The summed E-state index contributed by atoms with van der Waals surface area (Å²) < 4.78 is 6.01. The average Bonchev–Trinajstić information content (AvgIpc) is 3.38. The lowest BCUT2D eigenvalue weighted by molar-refractivity contribution is 0.101. The molecule has 1 atom stereocenters. The van der Waals surface area contributed by atoms with Crippen molar-refractivity contribution in [3.8, 4) is 11.1 Å². The van der Waals surface area contributed by atoms with E-state index in [9.17, 15) is 4.79 Å². The minimum absolute atomic E-state index is 0.207. The molecule has 1 heterocycles. The lowest BCUT2D eigenvalue weighted by atomic mass is 9.88. The Morgan fingerprint density at radius 2 is 1.81 bits per heavy atom. The van der Waals surface area contributed by atoms with Gasteiger partial charge in [-0.15, -0.1) is 0 Å². The maximum Gasteiger partial charge on any atom is 0.194 e. The first-order valence-electron chi connectivity index (χ1n) is 9.57. The van der Waals surface area contributed by atoms with Gasteiger partial charge in [-0.1, -0.05) is 55.6 Å². The van der Waals surface area contributed by atoms with Crippen molar-refractivity contribution in [1.82, 2.24) is 0 Å². The van der Waals surface area contributed by atoms with Gasteiger partial charge in [-0.05, 0) is 46.3 Å². The van der Waals surface area contributed by atoms with Gasteiger partial charge in [0, 0.05) is 17.0 Å². The highest BCUT2D eigenvalue weighted by molar-refractivity contribution is 6.90. The van der Waals surface area contributed by atoms with Crippen LogP contribution in [0.3, 0.4) is 0 Å². The molecule has 2 aliphatic carbocycles. The van der Waals surface area contributed by atoms with Gasteiger partial charge in [-0.3, -0.25) is 4.79 Å². The smallest absolute Gasteiger partial charge is 0.194 e. The van der Waals surface area contributed by atoms with Crippen LogP contribution in [0.2, 0.25) is 19.6 Å². The van der Waals surface area contributed by atoms with Crippen molar-refractivity contribution in [1.29, 1.82) is 0 Å². The molecule has 0 radical (unpaired) electrons. The number of ether oxygens (including phenoxy) is 1. The Morgan fingerprint density at radius 3 is 2.50 bits per heavy atom. The van der Waals surface area contributed by atoms with E-state index >= 15 is 0 Å². The Balaban J connectivity index is 1.83. The zero-order chi connectivity index (χ0) is 18.1. The third-order valence-corrected chi connectivity index (χ3v) is 7.88. The predicted octanol–water partition coefficient (Wildman–Crippen LogP) is 4.78. The Hall–Kier alpha value is -1.97. The molecule has 2 nitrogen and oxygen atoms in total. The number of hydrogen-bond donors (Lipinski definition) is 0. The Morgan fingerprint density at radius 1 is 1.08 bits per heavy atom. The van der Waals surface area contributed by atoms with Crippen molar-refractivity contribution in [3.63, 3.8) is 0 Å². The minimum atomic E-state index is -1.73. The van der Waals surface area contributed by atoms with Crippen LogP contribution in [0.25, 0.3) is 11.1 Å². The van der Waals surface area contributed by atoms with Crippen molar-refractivity contribution in [2.45, 2.75) is 45.0 Å². The van der Waals surface area contributed by atoms with Gasteiger partial charge in [-0.25, -0.2) is 0 Å². The van der Waals surface area contributed by atoms with E-state index in [1.165, 1.54) is 29.2 Å². The van der Waals surface area contributed by atoms with Crippen molar-refractivity contribution in [2.75, 3.05) is 6.61 Å². The summed E-state index contributed by atoms with van der Waals surface area (Å²) in [7, 11) is -1.73. The lowest BCUT2D eigenvalue weighted by Gasteiger charge is -2.32. The van der Waals surface area contributed by atoms with E-state index < -0.39 is 8.07 Å². The van der Waals surface area contributed by atoms with Crippen LogP contribution in [-0.2, 0) is 11.3 Å². The van der Waals surface area contributed by atoms with E-state index in [1.807, 2.05) is 18.2 Å². The highest BCUT2D eigenvalue weighted by atomic mass is 28.3. The molecule has 1 saturated carbocycles. The lowest BCUT2D eigenvalue weighted by Crippen LogP contribution is -2.45. The summed E-state index contributed by atoms with van der Waals surface area (Å²) in [6.07, 6.45) is 4.89. The fourth-order valence-electron chi connectivity index (χ4n) is 4.60. The largest absolute Gasteiger partial charge is 0.376 e. The summed E-state index contributed by atoms with van der Waals surface area (Å²) in [6.45, 7) is 8.45. The molecule has 2 aromatic rings. The Labute approximate surface area is 155 Å². The molecule has 3 heteroatoms. The van der Waals surface area contributed by atoms with Crippen LogP contribution in [0.1, 0.15) is 45.8 Å². The normalized spacial score (nSPS) is 20.5. The van der Waals surface area contributed by atoms with Crippen LogP contribution < -0.4 is 5.19 Å². The topological polar surface area (TPSA) is 26.3 Å². The highest BCUT2D eigenvalue weighted by Gasteiger charge is 2.38. The van der Waals surface area contributed by atoms with Crippen molar-refractivity contribution >= 4 is 19.0 Å². The predicted molar refractivity (Wildman–Crippen MR) is 108 cm³/mol. The molecular weight excluding hydrogens is 336 g/mol. The molecule has 0 amide bonds. The maximum atomic E-state index is 13.3. The number of carbonyl (C=O) groups is 1. The molecule has 1 fully saturated rings. The van der Waals surface area contributed by atoms with Gasteiger partial charge in [0.2, 0.25) is 0 Å². The summed E-state index contributed by atoms with van der Waals surface area (Å²) >= 11 is 0. The number of rotatable bonds is 2. The zero-order valence-corrected chi connectivity index (χ0v) is 16.7. The van der Waals surface area contributed by atoms with Gasteiger partial charge in [0.15, 0.2) is 5.78 Å². The van der Waals surface area contributed by atoms with E-state index in [0.29, 0.717) is 12.5 Å². The third kappa shape index (κ3) is 2.38. The molecule has 0 aromatic heterocycles. The fraction of sp³-hybridized carbons (Fsp3) is 0.348. The van der Waals surface area contributed by atoms with Gasteiger partial charge in [0.05, 0.1) is 21.3 Å². The van der Waals surface area contributed by atoms with E-state index in [-0.39, 0.29) is 5.78 Å². The fourth-order valence-corrected chi connectivity index (χ4v) is 6.72. The van der Waals surface area contributed by atoms with E-state index in [2.05, 4.69) is 37.8 Å². The quantitative estimate of drug-likeness (QED) is 0.486. The standard InChI is InChI=1S/C23H24O2Si/c1-26(2,3)23-20-13-25-12-15(10-14-8-9-14)18(20)11-19-16-6-4-5-7-17(16)22(24)21(19)23/h4-7,10-11,15H,8-9,12-13H2,1-3H3. The summed E-state index contributed by atoms with van der Waals surface area (Å²) in [4.78, 5) is 13.3. The van der Waals surface area contributed by atoms with Crippen LogP contribution in [-0.4, -0.2) is 20.5 Å². The first-order valence-corrected chi connectivity index (χ1v) is 13.1. The van der Waals surface area contributed by atoms with Crippen LogP contribution in [0, 0.1) is 0 Å². The van der Waals surface area contributed by atoms with Crippen LogP contribution in [0.4, 0.5) is 0 Å². The van der Waals surface area contributed by atoms with Gasteiger partial charge >= 0.3 is 0 Å². The second-order valence-corrected chi connectivity index (χ2v) is 13.8. The second-order valence-electron chi connectivity index (χ2n) is 8.81. The first kappa shape index (κ1) is 16.2. The van der Waals surface area contributed by atoms with E-state index in [4.69, 9.17) is 4.74 Å². The highest BCUT2D eigenvalue weighted by Crippen LogP contribution is 2.42. The molecular formula is C23H24O2Si. The SMILES string of the molecule is C[Si](C)(C)c1c2c(cc3c1C(=O)c1ccccc1-3)C(C=C1CC1)COC2. The number of ketones is 1. The van der Waals surface area contributed by atoms with E-state index in [1.54, 1.807) is 5.57 Å². The third-order valence-electron chi connectivity index (χ3n) is 5.83. The molecule has 0 spiro atoms. The molecule has 5 rings (SSSR count). The van der Waals surface area contributed by atoms with Gasteiger partial charge < -0.3 is 4.74 Å². The summed E-state index contributed by atoms with van der Waals surface area (Å²) in [5.74, 6) is 0.540. The number of carbonyl (C=O) groups excluding carboxylic acids is 1. The Kier molecular flexibility index (Phi) is 3.44. The summed E-state index contributed by atoms with van der Waals surface area (Å²) in [5, 5.41) is 1.32. The summed E-state index contributed by atoms with van der Waals surface area (Å²) in [5.41, 5.74) is 8.35. The maximum absolute atomic E-state index is 13.3. The molecule has 132 valence electrons. The van der Waals surface area contributed by atoms with E-state index in [0.717, 1.165) is 28.9 Å². The molecule has 26 heavy (non-hydrogen) atoms. The van der Waals surface area contributed by atoms with Crippen molar-refractivity contribution in [3.05, 3.63) is 64.2 Å². The zero-order valence-electron chi connectivity index (χ0n) is 15.7. The molecule has 3 aliphatic rings. The first-order chi connectivity index (χ1) is 12.4. The second kappa shape index (κ2) is 5.51. The monoisotopic (exact) mass is 360 g/mol. The molecule has 2 aromatic carbocycles. The number of fused-ring (bicyclic) bond motifs is 4. The molecule has 1 aliphatic heterocycles. The minimum Gasteiger partial charge on any atom is -0.376 e. The van der Waals surface area contributed by atoms with Crippen molar-refractivity contribution < 1.29 is 9.53 Å². The molecule has 0 bridgehead atoms. The number of allylic oxidation sites excluding steroid dienone is 1. The van der Waals surface area contributed by atoms with Crippen LogP contribution >= 0.6 is 0 Å². The van der Waals surface area contributed by atoms with Crippen LogP contribution in [0.5, 0.6) is 0 Å².